The average Bonchev–Trinajstić information content (AvgIpc) is 3.75. The Labute approximate surface area is 237 Å². The summed E-state index contributed by atoms with van der Waals surface area (Å²) in [6, 6.07) is 30.8. The second kappa shape index (κ2) is 11.7. The van der Waals surface area contributed by atoms with Crippen LogP contribution in [0.25, 0.3) is 11.4 Å². The van der Waals surface area contributed by atoms with Crippen molar-refractivity contribution >= 4 is 22.9 Å². The van der Waals surface area contributed by atoms with Gasteiger partial charge in [-0.2, -0.15) is 0 Å². The number of rotatable bonds is 10. The van der Waals surface area contributed by atoms with Gasteiger partial charge in [-0.05, 0) is 83.9 Å². The van der Waals surface area contributed by atoms with Crippen LogP contribution in [0, 0.1) is 0 Å². The lowest BCUT2D eigenvalue weighted by atomic mass is 10.0. The van der Waals surface area contributed by atoms with Gasteiger partial charge in [0, 0.05) is 71.5 Å². The Kier molecular flexibility index (Phi) is 7.32. The number of carbonyl (C=O) groups is 2. The zero-order valence-electron chi connectivity index (χ0n) is 22.2. The van der Waals surface area contributed by atoms with E-state index in [1.54, 1.807) is 25.0 Å². The molecule has 0 bridgehead atoms. The molecule has 41 heavy (non-hydrogen) atoms. The molecule has 2 aromatic heterocycles. The first-order valence-electron chi connectivity index (χ1n) is 13.3. The molecule has 7 nitrogen and oxygen atoms in total. The number of Topliss-reactive ketones (excluding diaryl/α,β-unsaturated/α-hetero) is 2. The largest absolute Gasteiger partial charge is 0.356 e. The summed E-state index contributed by atoms with van der Waals surface area (Å²) < 4.78 is 3.80. The predicted octanol–water partition coefficient (Wildman–Crippen LogP) is 6.65. The van der Waals surface area contributed by atoms with Gasteiger partial charge in [0.2, 0.25) is 0 Å². The van der Waals surface area contributed by atoms with Gasteiger partial charge in [0.25, 0.3) is 0 Å². The zero-order chi connectivity index (χ0) is 28.0. The fourth-order valence-corrected chi connectivity index (χ4v) is 4.62. The SMILES string of the molecule is O=C(Cc1ccc(Nc2ccc(CC(=O)c3ccc(-n4ccnc4)cc3)cc2)cc1)c1ccc(-n2ccnc2)cc1. The first-order chi connectivity index (χ1) is 20.1. The Balaban J connectivity index is 1.02. The summed E-state index contributed by atoms with van der Waals surface area (Å²) in [6.45, 7) is 0. The average molecular weight is 538 g/mol. The molecule has 6 aromatic rings. The molecule has 0 unspecified atom stereocenters. The van der Waals surface area contributed by atoms with E-state index in [2.05, 4.69) is 15.3 Å². The van der Waals surface area contributed by atoms with Crippen LogP contribution in [-0.2, 0) is 12.8 Å². The van der Waals surface area contributed by atoms with Gasteiger partial charge < -0.3 is 14.5 Å². The van der Waals surface area contributed by atoms with Gasteiger partial charge in [0.05, 0.1) is 12.7 Å². The number of hydrogen-bond donors (Lipinski definition) is 1. The van der Waals surface area contributed by atoms with Crippen molar-refractivity contribution in [3.05, 3.63) is 157 Å². The van der Waals surface area contributed by atoms with Crippen LogP contribution in [0.5, 0.6) is 0 Å². The van der Waals surface area contributed by atoms with Crippen LogP contribution >= 0.6 is 0 Å². The second-order valence-electron chi connectivity index (χ2n) is 9.75. The molecular weight excluding hydrogens is 510 g/mol. The molecule has 0 spiro atoms. The monoisotopic (exact) mass is 537 g/mol. The van der Waals surface area contributed by atoms with E-state index in [1.165, 1.54) is 0 Å². The number of ketones is 2. The Hall–Kier alpha value is -5.56. The fraction of sp³-hybridized carbons (Fsp3) is 0.0588. The minimum absolute atomic E-state index is 0.0715. The van der Waals surface area contributed by atoms with E-state index in [-0.39, 0.29) is 11.6 Å². The van der Waals surface area contributed by atoms with Crippen molar-refractivity contribution in [2.24, 2.45) is 0 Å². The molecule has 6 rings (SSSR count). The molecule has 0 aliphatic rings. The summed E-state index contributed by atoms with van der Waals surface area (Å²) in [5.74, 6) is 0.143. The molecule has 0 aliphatic heterocycles. The Morgan fingerprint density at radius 2 is 0.927 bits per heavy atom. The van der Waals surface area contributed by atoms with Gasteiger partial charge in [-0.15, -0.1) is 0 Å². The molecule has 0 amide bonds. The lowest BCUT2D eigenvalue weighted by Gasteiger charge is -2.09. The topological polar surface area (TPSA) is 81.8 Å². The maximum atomic E-state index is 12.8. The normalized spacial score (nSPS) is 10.8. The predicted molar refractivity (Wildman–Crippen MR) is 159 cm³/mol. The Bertz CT molecular complexity index is 1600. The highest BCUT2D eigenvalue weighted by atomic mass is 16.1. The molecule has 0 aliphatic carbocycles. The van der Waals surface area contributed by atoms with Crippen molar-refractivity contribution in [2.45, 2.75) is 12.8 Å². The van der Waals surface area contributed by atoms with Crippen LogP contribution in [0.3, 0.4) is 0 Å². The molecule has 0 saturated carbocycles. The molecule has 0 atom stereocenters. The zero-order valence-corrected chi connectivity index (χ0v) is 22.2. The van der Waals surface area contributed by atoms with E-state index >= 15 is 0 Å². The molecule has 1 N–H and O–H groups in total. The smallest absolute Gasteiger partial charge is 0.167 e. The quantitative estimate of drug-likeness (QED) is 0.198. The number of carbonyl (C=O) groups excluding carboxylic acids is 2. The van der Waals surface area contributed by atoms with Gasteiger partial charge >= 0.3 is 0 Å². The van der Waals surface area contributed by atoms with Crippen molar-refractivity contribution in [3.8, 4) is 11.4 Å². The lowest BCUT2D eigenvalue weighted by Crippen LogP contribution is -2.04. The number of hydrogen-bond acceptors (Lipinski definition) is 5. The highest BCUT2D eigenvalue weighted by Crippen LogP contribution is 2.20. The van der Waals surface area contributed by atoms with E-state index in [0.717, 1.165) is 33.9 Å². The molecule has 0 saturated heterocycles. The summed E-state index contributed by atoms with van der Waals surface area (Å²) >= 11 is 0. The number of aromatic nitrogens is 4. The third-order valence-electron chi connectivity index (χ3n) is 6.91. The molecule has 200 valence electrons. The number of imidazole rings is 2. The molecule has 0 fully saturated rings. The first kappa shape index (κ1) is 25.7. The van der Waals surface area contributed by atoms with Crippen molar-refractivity contribution in [2.75, 3.05) is 5.32 Å². The highest BCUT2D eigenvalue weighted by molar-refractivity contribution is 5.98. The van der Waals surface area contributed by atoms with E-state index in [0.29, 0.717) is 24.0 Å². The van der Waals surface area contributed by atoms with E-state index in [4.69, 9.17) is 0 Å². The molecule has 0 radical (unpaired) electrons. The van der Waals surface area contributed by atoms with Gasteiger partial charge in [-0.3, -0.25) is 9.59 Å². The highest BCUT2D eigenvalue weighted by Gasteiger charge is 2.10. The summed E-state index contributed by atoms with van der Waals surface area (Å²) in [5.41, 5.74) is 7.04. The van der Waals surface area contributed by atoms with Crippen LogP contribution in [-0.4, -0.2) is 30.7 Å². The lowest BCUT2D eigenvalue weighted by molar-refractivity contribution is 0.0985. The minimum Gasteiger partial charge on any atom is -0.356 e. The number of anilines is 2. The van der Waals surface area contributed by atoms with Crippen molar-refractivity contribution in [1.29, 1.82) is 0 Å². The van der Waals surface area contributed by atoms with Crippen LogP contribution in [0.4, 0.5) is 11.4 Å². The summed E-state index contributed by atoms with van der Waals surface area (Å²) in [4.78, 5) is 33.7. The van der Waals surface area contributed by atoms with Gasteiger partial charge in [0.15, 0.2) is 11.6 Å². The van der Waals surface area contributed by atoms with E-state index in [9.17, 15) is 9.59 Å². The van der Waals surface area contributed by atoms with E-state index < -0.39 is 0 Å². The molecular formula is C34H27N5O2. The van der Waals surface area contributed by atoms with Crippen LogP contribution < -0.4 is 5.32 Å². The van der Waals surface area contributed by atoms with Gasteiger partial charge in [-0.1, -0.05) is 24.3 Å². The first-order valence-corrected chi connectivity index (χ1v) is 13.3. The van der Waals surface area contributed by atoms with E-state index in [1.807, 2.05) is 119 Å². The van der Waals surface area contributed by atoms with Crippen molar-refractivity contribution in [1.82, 2.24) is 19.1 Å². The summed E-state index contributed by atoms with van der Waals surface area (Å²) in [5, 5.41) is 3.38. The third-order valence-corrected chi connectivity index (χ3v) is 6.91. The van der Waals surface area contributed by atoms with Crippen LogP contribution in [0.1, 0.15) is 31.8 Å². The second-order valence-corrected chi connectivity index (χ2v) is 9.75. The van der Waals surface area contributed by atoms with Gasteiger partial charge in [0.1, 0.15) is 0 Å². The van der Waals surface area contributed by atoms with Crippen LogP contribution in [0.2, 0.25) is 0 Å². The summed E-state index contributed by atoms with van der Waals surface area (Å²) in [6.07, 6.45) is 11.3. The maximum Gasteiger partial charge on any atom is 0.167 e. The number of nitrogens with one attached hydrogen (secondary N) is 1. The molecule has 2 heterocycles. The standard InChI is InChI=1S/C34H27N5O2/c40-33(27-5-13-31(14-6-27)38-19-17-35-23-38)21-25-1-9-29(10-2-25)37-30-11-3-26(4-12-30)22-34(41)28-7-15-32(16-8-28)39-20-18-36-24-39/h1-20,23-24,37H,21-22H2. The molecule has 7 heteroatoms. The van der Waals surface area contributed by atoms with Crippen LogP contribution in [0.15, 0.2) is 135 Å². The minimum atomic E-state index is 0.0715. The maximum absolute atomic E-state index is 12.8. The number of benzene rings is 4. The van der Waals surface area contributed by atoms with Crippen molar-refractivity contribution in [3.63, 3.8) is 0 Å². The summed E-state index contributed by atoms with van der Waals surface area (Å²) in [7, 11) is 0. The Morgan fingerprint density at radius 3 is 1.27 bits per heavy atom. The Morgan fingerprint density at radius 1 is 0.537 bits per heavy atom. The fourth-order valence-electron chi connectivity index (χ4n) is 4.62. The van der Waals surface area contributed by atoms with Gasteiger partial charge in [-0.25, -0.2) is 9.97 Å². The molecule has 4 aromatic carbocycles. The third kappa shape index (κ3) is 6.20. The number of nitrogens with zero attached hydrogens (tertiary/aromatic N) is 4. The van der Waals surface area contributed by atoms with Crippen molar-refractivity contribution < 1.29 is 9.59 Å².